The first-order valence-corrected chi connectivity index (χ1v) is 18.0. The molecular formula is C26H14MnN4O12S4-4. The molecule has 1 radical (unpaired) electrons. The summed E-state index contributed by atoms with van der Waals surface area (Å²) in [5.41, 5.74) is -5.06. The molecule has 0 aliphatic carbocycles. The third-order valence-corrected chi connectivity index (χ3v) is 10.2. The molecule has 0 saturated carbocycles. The van der Waals surface area contributed by atoms with Crippen LogP contribution >= 0.6 is 0 Å². The summed E-state index contributed by atoms with van der Waals surface area (Å²) in [6.45, 7) is 0. The predicted octanol–water partition coefficient (Wildman–Crippen LogP) is 1.81. The molecule has 8 bridgehead atoms. The van der Waals surface area contributed by atoms with Gasteiger partial charge in [0.1, 0.15) is 35.2 Å². The summed E-state index contributed by atoms with van der Waals surface area (Å²) in [6, 6.07) is 10.5. The van der Waals surface area contributed by atoms with E-state index in [1.165, 1.54) is 60.7 Å². The first kappa shape index (κ1) is 34.3. The monoisotopic (exact) mass is 757 g/mol. The molecule has 245 valence electrons. The Morgan fingerprint density at radius 2 is 1.13 bits per heavy atom. The molecule has 1 aromatic carbocycles. The maximum Gasteiger partial charge on any atom is 0.188 e. The van der Waals surface area contributed by atoms with Gasteiger partial charge in [-0.1, -0.05) is 30.3 Å². The molecule has 0 unspecified atom stereocenters. The van der Waals surface area contributed by atoms with Crippen LogP contribution in [0.4, 0.5) is 0 Å². The van der Waals surface area contributed by atoms with Crippen molar-refractivity contribution < 1.29 is 69.0 Å². The summed E-state index contributed by atoms with van der Waals surface area (Å²) in [7, 11) is -24.2. The smallest absolute Gasteiger partial charge is 0.188 e. The Morgan fingerprint density at radius 1 is 0.617 bits per heavy atom. The third kappa shape index (κ3) is 6.45. The maximum absolute atomic E-state index is 13.0. The van der Waals surface area contributed by atoms with E-state index in [4.69, 9.17) is 0 Å². The van der Waals surface area contributed by atoms with Gasteiger partial charge >= 0.3 is 0 Å². The van der Waals surface area contributed by atoms with Gasteiger partial charge in [-0.05, 0) is 54.1 Å². The molecule has 5 heterocycles. The van der Waals surface area contributed by atoms with E-state index < -0.39 is 81.4 Å². The minimum Gasteiger partial charge on any atom is -0.744 e. The van der Waals surface area contributed by atoms with E-state index in [1.54, 1.807) is 0 Å². The number of nitrogens with zero attached hydrogens (tertiary/aromatic N) is 3. The van der Waals surface area contributed by atoms with E-state index in [1.807, 2.05) is 0 Å². The van der Waals surface area contributed by atoms with Crippen LogP contribution in [0.15, 0.2) is 69.3 Å². The Bertz CT molecular complexity index is 2680. The van der Waals surface area contributed by atoms with Crippen LogP contribution < -0.4 is 0 Å². The minimum atomic E-state index is -6.27. The van der Waals surface area contributed by atoms with E-state index in [0.717, 1.165) is 12.1 Å². The number of nitrogens with one attached hydrogen (secondary N) is 1. The molecule has 0 fully saturated rings. The van der Waals surface area contributed by atoms with Crippen molar-refractivity contribution in [3.8, 4) is 11.1 Å². The molecule has 3 aromatic heterocycles. The summed E-state index contributed by atoms with van der Waals surface area (Å²) >= 11 is 0. The van der Waals surface area contributed by atoms with Crippen molar-refractivity contribution in [1.82, 2.24) is 18.9 Å². The van der Waals surface area contributed by atoms with Crippen LogP contribution in [-0.4, -0.2) is 70.8 Å². The second-order valence-corrected chi connectivity index (χ2v) is 14.9. The maximum atomic E-state index is 13.0. The summed E-state index contributed by atoms with van der Waals surface area (Å²) in [5, 5.41) is 0. The van der Waals surface area contributed by atoms with Gasteiger partial charge in [0.25, 0.3) is 0 Å². The van der Waals surface area contributed by atoms with Crippen LogP contribution in [0.3, 0.4) is 0 Å². The number of rotatable bonds is 5. The van der Waals surface area contributed by atoms with E-state index in [-0.39, 0.29) is 45.2 Å². The van der Waals surface area contributed by atoms with Crippen LogP contribution in [0.5, 0.6) is 0 Å². The molecule has 1 N–H and O–H groups in total. The second-order valence-electron chi connectivity index (χ2n) is 9.70. The number of aromatic amines is 1. The molecule has 0 amide bonds. The van der Waals surface area contributed by atoms with Gasteiger partial charge in [0.2, 0.25) is 0 Å². The van der Waals surface area contributed by atoms with Gasteiger partial charge in [-0.25, -0.2) is 47.6 Å². The van der Waals surface area contributed by atoms with Crippen LogP contribution in [0.2, 0.25) is 0 Å². The fraction of sp³-hybridized carbons (Fsp3) is 0. The van der Waals surface area contributed by atoms with Crippen molar-refractivity contribution in [3.63, 3.8) is 0 Å². The molecule has 47 heavy (non-hydrogen) atoms. The SMILES string of the molecule is O=S(=O)([O-])c1cc2cc3nc(cc4nc(cc5c(-c6ccccc6)c(S(=O)(=O)[O-])c(c(S(=O)(=O)[O-])c1[nH]2)n5S(=O)(=O)[O-])C=C4)C=C3.[Mn]. The van der Waals surface area contributed by atoms with Gasteiger partial charge in [0.15, 0.2) is 10.3 Å². The Kier molecular flexibility index (Phi) is 8.47. The number of hydrogen-bond donors (Lipinski definition) is 1. The van der Waals surface area contributed by atoms with Crippen molar-refractivity contribution in [2.24, 2.45) is 0 Å². The first-order chi connectivity index (χ1) is 21.3. The average Bonchev–Trinajstić information content (AvgIpc) is 3.70. The van der Waals surface area contributed by atoms with Crippen LogP contribution in [-0.2, 0) is 57.7 Å². The van der Waals surface area contributed by atoms with Crippen molar-refractivity contribution in [3.05, 3.63) is 77.4 Å². The molecule has 0 spiro atoms. The summed E-state index contributed by atoms with van der Waals surface area (Å²) in [6.07, 6.45) is 5.71. The Balaban J connectivity index is 0.00000433. The molecule has 0 saturated heterocycles. The first-order valence-electron chi connectivity index (χ1n) is 12.4. The summed E-state index contributed by atoms with van der Waals surface area (Å²) in [5.74, 6) is 0. The number of fused-ring (bicyclic) bond motifs is 8. The largest absolute Gasteiger partial charge is 0.744 e. The van der Waals surface area contributed by atoms with E-state index in [0.29, 0.717) is 11.8 Å². The van der Waals surface area contributed by atoms with Gasteiger partial charge in [-0.15, -0.1) is 0 Å². The Labute approximate surface area is 276 Å². The quantitative estimate of drug-likeness (QED) is 0.194. The van der Waals surface area contributed by atoms with Crippen LogP contribution in [0.1, 0.15) is 22.8 Å². The molecule has 6 rings (SSSR count). The van der Waals surface area contributed by atoms with Crippen molar-refractivity contribution >= 4 is 87.0 Å². The Morgan fingerprint density at radius 3 is 1.62 bits per heavy atom. The van der Waals surface area contributed by atoms with Crippen molar-refractivity contribution in [2.45, 2.75) is 14.7 Å². The molecule has 2 aliphatic rings. The summed E-state index contributed by atoms with van der Waals surface area (Å²) < 4.78 is 153. The predicted molar refractivity (Wildman–Crippen MR) is 157 cm³/mol. The van der Waals surface area contributed by atoms with Crippen LogP contribution in [0.25, 0.3) is 57.5 Å². The third-order valence-electron chi connectivity index (χ3n) is 6.67. The molecule has 21 heteroatoms. The van der Waals surface area contributed by atoms with Gasteiger partial charge in [-0.3, -0.25) is 0 Å². The van der Waals surface area contributed by atoms with E-state index >= 15 is 0 Å². The molecular weight excluding hydrogens is 744 g/mol. The second kappa shape index (κ2) is 11.6. The standard InChI is InChI=1S/C26H18N4O12S4.Mn/c31-43(32,33)21-13-19-11-17-7-6-15(27-17)10-16-8-9-18(28-16)12-20-22(14-4-2-1-3-5-14)25(44(34,35)36)24(30(20)46(40,41)42)26(23(21)29-19)45(37,38)39;/h1-13,29H,(H,31,32,33)(H,34,35,36)(H,37,38,39)(H,40,41,42);/p-4. The zero-order valence-electron chi connectivity index (χ0n) is 22.8. The van der Waals surface area contributed by atoms with E-state index in [9.17, 15) is 51.9 Å². The Hall–Kier alpha value is -4.02. The van der Waals surface area contributed by atoms with Crippen LogP contribution in [0, 0.1) is 0 Å². The zero-order valence-corrected chi connectivity index (χ0v) is 27.2. The van der Waals surface area contributed by atoms with E-state index in [2.05, 4.69) is 15.0 Å². The fourth-order valence-corrected chi connectivity index (χ4v) is 8.51. The molecule has 0 atom stereocenters. The minimum absolute atomic E-state index is 0. The van der Waals surface area contributed by atoms with Gasteiger partial charge in [0, 0.05) is 28.1 Å². The number of benzene rings is 1. The number of hydrogen-bond acceptors (Lipinski definition) is 14. The topological polar surface area (TPSA) is 275 Å². The van der Waals surface area contributed by atoms with Gasteiger partial charge in [-0.2, -0.15) is 0 Å². The van der Waals surface area contributed by atoms with Crippen molar-refractivity contribution in [1.29, 1.82) is 0 Å². The molecule has 4 aromatic rings. The van der Waals surface area contributed by atoms with Crippen molar-refractivity contribution in [2.75, 3.05) is 0 Å². The average molecular weight is 758 g/mol. The molecule has 16 nitrogen and oxygen atoms in total. The molecule has 2 aliphatic heterocycles. The number of aromatic nitrogens is 4. The van der Waals surface area contributed by atoms with Gasteiger partial charge < -0.3 is 23.2 Å². The zero-order chi connectivity index (χ0) is 33.4. The summed E-state index contributed by atoms with van der Waals surface area (Å²) in [4.78, 5) is 5.63. The normalized spacial score (nSPS) is 13.4. The number of H-pyrrole nitrogens is 1. The fourth-order valence-electron chi connectivity index (χ4n) is 5.06. The van der Waals surface area contributed by atoms with Gasteiger partial charge in [0.05, 0.1) is 49.1 Å².